The first-order valence-corrected chi connectivity index (χ1v) is 5.23. The van der Waals surface area contributed by atoms with Gasteiger partial charge in [-0.05, 0) is 27.7 Å². The van der Waals surface area contributed by atoms with Crippen LogP contribution < -0.4 is 0 Å². The van der Waals surface area contributed by atoms with Crippen LogP contribution in [0, 0.1) is 0 Å². The standard InChI is InChI=1S/2C6H8O4.Mg/c2*1-4(7)3-5(2)10-6(8)9;/h2*3H,1-2H3,(H,8,9);. The Morgan fingerprint density at radius 1 is 0.714 bits per heavy atom. The molecule has 0 heterocycles. The normalized spacial score (nSPS) is 10.3. The van der Waals surface area contributed by atoms with Gasteiger partial charge in [0.2, 0.25) is 0 Å². The molecule has 0 spiro atoms. The summed E-state index contributed by atoms with van der Waals surface area (Å²) in [5, 5.41) is 16.0. The maximum atomic E-state index is 10.3. The number of allylic oxidation sites excluding steroid dienone is 4. The van der Waals surface area contributed by atoms with E-state index in [2.05, 4.69) is 9.47 Å². The second kappa shape index (κ2) is 13.1. The summed E-state index contributed by atoms with van der Waals surface area (Å²) in [6.45, 7) is 5.43. The average molecular weight is 313 g/mol. The highest BCUT2D eigenvalue weighted by atomic mass is 24.3. The number of carboxylic acid groups (broad SMARTS) is 2. The predicted molar refractivity (Wildman–Crippen MR) is 72.8 cm³/mol. The summed E-state index contributed by atoms with van der Waals surface area (Å²) in [5.74, 6) is -0.308. The van der Waals surface area contributed by atoms with Crippen LogP contribution in [0.1, 0.15) is 27.7 Å². The van der Waals surface area contributed by atoms with Crippen LogP contribution in [-0.4, -0.2) is 57.1 Å². The third kappa shape index (κ3) is 23.6. The fourth-order valence-electron chi connectivity index (χ4n) is 0.907. The number of ether oxygens (including phenoxy) is 2. The van der Waals surface area contributed by atoms with E-state index in [1.54, 1.807) is 0 Å². The summed E-state index contributed by atoms with van der Waals surface area (Å²) in [5.41, 5.74) is 0. The second-order valence-corrected chi connectivity index (χ2v) is 3.47. The van der Waals surface area contributed by atoms with E-state index >= 15 is 0 Å². The Bertz CT molecular complexity index is 408. The largest absolute Gasteiger partial charge is 0.511 e. The van der Waals surface area contributed by atoms with Crippen LogP contribution in [0.2, 0.25) is 0 Å². The van der Waals surface area contributed by atoms with Gasteiger partial charge in [0.1, 0.15) is 11.5 Å². The van der Waals surface area contributed by atoms with Gasteiger partial charge in [-0.3, -0.25) is 9.59 Å². The highest BCUT2D eigenvalue weighted by Crippen LogP contribution is 1.95. The molecular weight excluding hydrogens is 296 g/mol. The lowest BCUT2D eigenvalue weighted by molar-refractivity contribution is -0.113. The lowest BCUT2D eigenvalue weighted by Gasteiger charge is -1.95. The van der Waals surface area contributed by atoms with E-state index in [1.807, 2.05) is 0 Å². The first-order valence-electron chi connectivity index (χ1n) is 5.23. The molecule has 0 unspecified atom stereocenters. The average Bonchev–Trinajstić information content (AvgIpc) is 2.11. The Labute approximate surface area is 137 Å². The van der Waals surface area contributed by atoms with Gasteiger partial charge in [0.05, 0.1) is 0 Å². The number of ketones is 2. The lowest BCUT2D eigenvalue weighted by Crippen LogP contribution is -1.98. The quantitative estimate of drug-likeness (QED) is 0.349. The van der Waals surface area contributed by atoms with Crippen LogP contribution in [0.4, 0.5) is 9.59 Å². The van der Waals surface area contributed by atoms with Gasteiger partial charge in [-0.1, -0.05) is 0 Å². The molecule has 0 aromatic heterocycles. The Hall–Kier alpha value is -1.87. The van der Waals surface area contributed by atoms with E-state index in [0.717, 1.165) is 12.2 Å². The molecule has 0 aliphatic carbocycles. The minimum absolute atomic E-state index is 0. The number of carbonyl (C=O) groups excluding carboxylic acids is 2. The molecule has 2 N–H and O–H groups in total. The van der Waals surface area contributed by atoms with Crippen LogP contribution >= 0.6 is 0 Å². The van der Waals surface area contributed by atoms with Crippen molar-refractivity contribution in [2.45, 2.75) is 27.7 Å². The van der Waals surface area contributed by atoms with Gasteiger partial charge in [-0.25, -0.2) is 9.59 Å². The van der Waals surface area contributed by atoms with E-state index in [4.69, 9.17) is 10.2 Å². The second-order valence-electron chi connectivity index (χ2n) is 3.47. The molecule has 0 aliphatic rings. The fraction of sp³-hybridized carbons (Fsp3) is 0.333. The monoisotopic (exact) mass is 312 g/mol. The van der Waals surface area contributed by atoms with Crippen LogP contribution in [-0.2, 0) is 19.1 Å². The first kappa shape index (κ1) is 24.2. The Morgan fingerprint density at radius 2 is 0.952 bits per heavy atom. The van der Waals surface area contributed by atoms with E-state index < -0.39 is 12.3 Å². The zero-order valence-corrected chi connectivity index (χ0v) is 13.6. The van der Waals surface area contributed by atoms with Crippen molar-refractivity contribution in [3.63, 3.8) is 0 Å². The maximum absolute atomic E-state index is 10.3. The van der Waals surface area contributed by atoms with Crippen molar-refractivity contribution in [2.75, 3.05) is 0 Å². The molecule has 0 fully saturated rings. The fourth-order valence-corrected chi connectivity index (χ4v) is 0.907. The molecule has 0 amide bonds. The van der Waals surface area contributed by atoms with Gasteiger partial charge >= 0.3 is 12.3 Å². The van der Waals surface area contributed by atoms with E-state index in [0.29, 0.717) is 0 Å². The highest BCUT2D eigenvalue weighted by molar-refractivity contribution is 5.88. The third-order valence-electron chi connectivity index (χ3n) is 1.31. The molecule has 21 heavy (non-hydrogen) atoms. The summed E-state index contributed by atoms with van der Waals surface area (Å²) in [7, 11) is 0. The highest BCUT2D eigenvalue weighted by Gasteiger charge is 1.98. The Morgan fingerprint density at radius 3 is 1.10 bits per heavy atom. The van der Waals surface area contributed by atoms with Crippen molar-refractivity contribution in [2.24, 2.45) is 0 Å². The van der Waals surface area contributed by atoms with Gasteiger partial charge in [0, 0.05) is 35.2 Å². The molecule has 0 saturated heterocycles. The topological polar surface area (TPSA) is 127 Å². The molecule has 0 aromatic carbocycles. The molecule has 0 aromatic rings. The lowest BCUT2D eigenvalue weighted by atomic mass is 10.4. The number of hydrogen-bond acceptors (Lipinski definition) is 6. The molecule has 0 aliphatic heterocycles. The molecule has 9 heteroatoms. The van der Waals surface area contributed by atoms with Crippen LogP contribution in [0.15, 0.2) is 23.7 Å². The molecule has 0 rings (SSSR count). The van der Waals surface area contributed by atoms with Crippen LogP contribution in [0.25, 0.3) is 0 Å². The Kier molecular flexibility index (Phi) is 15.1. The van der Waals surface area contributed by atoms with Crippen LogP contribution in [0.5, 0.6) is 0 Å². The first-order chi connectivity index (χ1) is 9.04. The van der Waals surface area contributed by atoms with Gasteiger partial charge < -0.3 is 19.7 Å². The summed E-state index contributed by atoms with van der Waals surface area (Å²) in [6, 6.07) is 0. The summed E-state index contributed by atoms with van der Waals surface area (Å²) in [4.78, 5) is 40.2. The minimum Gasteiger partial charge on any atom is -0.449 e. The van der Waals surface area contributed by atoms with Crippen molar-refractivity contribution in [1.82, 2.24) is 0 Å². The van der Waals surface area contributed by atoms with E-state index in [1.165, 1.54) is 27.7 Å². The molecule has 8 nitrogen and oxygen atoms in total. The molecule has 2 radical (unpaired) electrons. The van der Waals surface area contributed by atoms with Gasteiger partial charge in [-0.2, -0.15) is 0 Å². The molecule has 0 atom stereocenters. The summed E-state index contributed by atoms with van der Waals surface area (Å²) < 4.78 is 8.24. The maximum Gasteiger partial charge on any atom is 0.511 e. The van der Waals surface area contributed by atoms with Crippen molar-refractivity contribution < 1.29 is 38.9 Å². The van der Waals surface area contributed by atoms with Gasteiger partial charge in [-0.15, -0.1) is 0 Å². The smallest absolute Gasteiger partial charge is 0.449 e. The van der Waals surface area contributed by atoms with Gasteiger partial charge in [0.15, 0.2) is 11.6 Å². The molecule has 0 saturated carbocycles. The Balaban J connectivity index is -0.000000295. The van der Waals surface area contributed by atoms with Crippen LogP contribution in [0.3, 0.4) is 0 Å². The van der Waals surface area contributed by atoms with Crippen molar-refractivity contribution >= 4 is 46.9 Å². The molecule has 0 bridgehead atoms. The van der Waals surface area contributed by atoms with E-state index in [-0.39, 0.29) is 46.1 Å². The van der Waals surface area contributed by atoms with Crippen molar-refractivity contribution in [3.8, 4) is 0 Å². The minimum atomic E-state index is -1.41. The van der Waals surface area contributed by atoms with E-state index in [9.17, 15) is 19.2 Å². The summed E-state index contributed by atoms with van der Waals surface area (Å²) >= 11 is 0. The SMILES string of the molecule is CC(=O)C=C(C)OC(=O)O.CC(=O)C=C(C)OC(=O)O.[Mg]. The van der Waals surface area contributed by atoms with Crippen molar-refractivity contribution in [1.29, 1.82) is 0 Å². The summed E-state index contributed by atoms with van der Waals surface area (Å²) in [6.07, 6.45) is -0.604. The van der Waals surface area contributed by atoms with Crippen molar-refractivity contribution in [3.05, 3.63) is 23.7 Å². The van der Waals surface area contributed by atoms with Gasteiger partial charge in [0.25, 0.3) is 0 Å². The number of hydrogen-bond donors (Lipinski definition) is 2. The molecular formula is C12H16MgO8. The zero-order chi connectivity index (χ0) is 16.3. The predicted octanol–water partition coefficient (Wildman–Crippen LogP) is 1.97. The zero-order valence-electron chi connectivity index (χ0n) is 12.2. The molecule has 114 valence electrons. The third-order valence-corrected chi connectivity index (χ3v) is 1.31. The number of rotatable bonds is 4. The number of carbonyl (C=O) groups is 4.